The highest BCUT2D eigenvalue weighted by Gasteiger charge is 2.57. The van der Waals surface area contributed by atoms with Crippen LogP contribution >= 0.6 is 0 Å². The van der Waals surface area contributed by atoms with Crippen LogP contribution in [0.15, 0.2) is 30.3 Å². The Balaban J connectivity index is 2.43. The molecule has 0 aromatic heterocycles. The van der Waals surface area contributed by atoms with E-state index in [1.165, 1.54) is 0 Å². The average Bonchev–Trinajstić information content (AvgIpc) is 2.65. The summed E-state index contributed by atoms with van der Waals surface area (Å²) < 4.78 is 119. The van der Waals surface area contributed by atoms with Crippen molar-refractivity contribution in [3.8, 4) is 0 Å². The maximum atomic E-state index is 14.3. The molecule has 2 aromatic rings. The van der Waals surface area contributed by atoms with Gasteiger partial charge in [-0.2, -0.15) is 26.3 Å². The van der Waals surface area contributed by atoms with Gasteiger partial charge in [-0.1, -0.05) is 6.07 Å². The predicted molar refractivity (Wildman–Crippen MR) is 91.4 cm³/mol. The first-order valence-corrected chi connectivity index (χ1v) is 8.48. The highest BCUT2D eigenvalue weighted by Crippen LogP contribution is 2.46. The molecule has 2 aromatic carbocycles. The van der Waals surface area contributed by atoms with Gasteiger partial charge in [-0.15, -0.1) is 0 Å². The number of carbonyl (C=O) groups excluding carboxylic acids is 1. The van der Waals surface area contributed by atoms with E-state index in [1.807, 2.05) is 5.32 Å². The van der Waals surface area contributed by atoms with Crippen LogP contribution in [0.25, 0.3) is 0 Å². The van der Waals surface area contributed by atoms with E-state index in [4.69, 9.17) is 5.11 Å². The monoisotopic (exact) mass is 476 g/mol. The summed E-state index contributed by atoms with van der Waals surface area (Å²) in [6, 6.07) is 1.99. The van der Waals surface area contributed by atoms with Crippen molar-refractivity contribution in [3.05, 3.63) is 58.9 Å². The van der Waals surface area contributed by atoms with E-state index < -0.39 is 70.7 Å². The molecule has 5 nitrogen and oxygen atoms in total. The predicted octanol–water partition coefficient (Wildman–Crippen LogP) is 4.71. The van der Waals surface area contributed by atoms with Gasteiger partial charge in [0, 0.05) is 0 Å². The maximum Gasteiger partial charge on any atom is 0.404 e. The first kappa shape index (κ1) is 25.3. The summed E-state index contributed by atoms with van der Waals surface area (Å²) in [4.78, 5) is 16.6. The molecule has 0 saturated carbocycles. The van der Waals surface area contributed by atoms with Crippen molar-refractivity contribution < 1.29 is 54.3 Å². The topological polar surface area (TPSA) is 70.6 Å². The minimum Gasteiger partial charge on any atom is -0.394 e. The number of hydroxylamine groups is 1. The Bertz CT molecular complexity index is 963. The fourth-order valence-corrected chi connectivity index (χ4v) is 2.59. The molecule has 0 unspecified atom stereocenters. The van der Waals surface area contributed by atoms with Gasteiger partial charge < -0.3 is 10.4 Å². The lowest BCUT2D eigenvalue weighted by molar-refractivity contribution is -0.253. The van der Waals surface area contributed by atoms with Crippen LogP contribution in [0.4, 0.5) is 50.9 Å². The number of rotatable bonds is 7. The van der Waals surface area contributed by atoms with Crippen molar-refractivity contribution in [2.24, 2.45) is 0 Å². The van der Waals surface area contributed by atoms with E-state index in [2.05, 4.69) is 4.84 Å². The minimum absolute atomic E-state index is 0.0602. The third kappa shape index (κ3) is 5.82. The molecule has 3 N–H and O–H groups in total. The van der Waals surface area contributed by atoms with Crippen molar-refractivity contribution >= 4 is 17.3 Å². The SMILES string of the molecule is O=C(NOCCO)c1ccc(F)c(F)c1Nc1ccc(C(C(F)(F)F)C(F)(F)F)cc1F. The van der Waals surface area contributed by atoms with Crippen molar-refractivity contribution in [2.45, 2.75) is 18.3 Å². The lowest BCUT2D eigenvalue weighted by Crippen LogP contribution is -2.34. The lowest BCUT2D eigenvalue weighted by Gasteiger charge is -2.23. The van der Waals surface area contributed by atoms with Crippen molar-refractivity contribution in [1.29, 1.82) is 0 Å². The summed E-state index contributed by atoms with van der Waals surface area (Å²) in [5.74, 6) is -9.99. The zero-order valence-corrected chi connectivity index (χ0v) is 15.5. The van der Waals surface area contributed by atoms with E-state index in [-0.39, 0.29) is 12.7 Å². The highest BCUT2D eigenvalue weighted by atomic mass is 19.4. The molecule has 0 aliphatic carbocycles. The number of hydrogen-bond acceptors (Lipinski definition) is 4. The summed E-state index contributed by atoms with van der Waals surface area (Å²) in [6.45, 7) is -0.870. The number of aliphatic hydroxyl groups is 1. The third-order valence-electron chi connectivity index (χ3n) is 3.94. The van der Waals surface area contributed by atoms with Gasteiger partial charge in [0.15, 0.2) is 17.6 Å². The quantitative estimate of drug-likeness (QED) is 0.308. The van der Waals surface area contributed by atoms with Crippen LogP contribution in [0.3, 0.4) is 0 Å². The molecule has 0 bridgehead atoms. The number of benzene rings is 2. The van der Waals surface area contributed by atoms with Gasteiger partial charge >= 0.3 is 12.4 Å². The van der Waals surface area contributed by atoms with E-state index in [0.717, 1.165) is 6.07 Å². The third-order valence-corrected chi connectivity index (χ3v) is 3.94. The molecule has 0 radical (unpaired) electrons. The number of hydrogen-bond donors (Lipinski definition) is 3. The van der Waals surface area contributed by atoms with Gasteiger partial charge in [0.2, 0.25) is 0 Å². The second-order valence-corrected chi connectivity index (χ2v) is 6.17. The number of amides is 1. The molecular weight excluding hydrogens is 463 g/mol. The van der Waals surface area contributed by atoms with E-state index in [0.29, 0.717) is 18.2 Å². The Labute approximate surface area is 173 Å². The van der Waals surface area contributed by atoms with Crippen LogP contribution in [-0.2, 0) is 4.84 Å². The summed E-state index contributed by atoms with van der Waals surface area (Å²) >= 11 is 0. The maximum absolute atomic E-state index is 14.3. The van der Waals surface area contributed by atoms with Gasteiger partial charge in [0.25, 0.3) is 5.91 Å². The first-order valence-electron chi connectivity index (χ1n) is 8.48. The Morgan fingerprint density at radius 2 is 1.59 bits per heavy atom. The molecule has 32 heavy (non-hydrogen) atoms. The Morgan fingerprint density at radius 1 is 0.969 bits per heavy atom. The molecule has 176 valence electrons. The average molecular weight is 476 g/mol. The molecule has 0 spiro atoms. The standard InChI is InChI=1S/C18H13F9N2O3/c19-10-3-2-9(16(31)29-32-6-5-30)14(13(10)21)28-12-4-1-8(7-11(12)20)15(17(22,23)24)18(25,26)27/h1-4,7,15,28,30H,5-6H2,(H,29,31). The van der Waals surface area contributed by atoms with Crippen molar-refractivity contribution in [1.82, 2.24) is 5.48 Å². The number of aliphatic hydroxyl groups excluding tert-OH is 1. The normalized spacial score (nSPS) is 12.2. The van der Waals surface area contributed by atoms with Gasteiger partial charge in [-0.25, -0.2) is 18.7 Å². The van der Waals surface area contributed by atoms with Crippen LogP contribution < -0.4 is 10.8 Å². The zero-order chi connectivity index (χ0) is 24.3. The Morgan fingerprint density at radius 3 is 2.12 bits per heavy atom. The largest absolute Gasteiger partial charge is 0.404 e. The van der Waals surface area contributed by atoms with Crippen LogP contribution in [0, 0.1) is 17.5 Å². The molecule has 14 heteroatoms. The number of anilines is 2. The van der Waals surface area contributed by atoms with Gasteiger partial charge in [-0.05, 0) is 29.8 Å². The fraction of sp³-hybridized carbons (Fsp3) is 0.278. The molecule has 1 amide bonds. The minimum atomic E-state index is -5.77. The van der Waals surface area contributed by atoms with Crippen LogP contribution in [0.1, 0.15) is 21.8 Å². The molecule has 0 atom stereocenters. The molecule has 0 aliphatic heterocycles. The number of carbonyl (C=O) groups is 1. The molecule has 0 fully saturated rings. The van der Waals surface area contributed by atoms with E-state index >= 15 is 0 Å². The summed E-state index contributed by atoms with van der Waals surface area (Å²) in [6.07, 6.45) is -11.5. The van der Waals surface area contributed by atoms with Crippen LogP contribution in [0.2, 0.25) is 0 Å². The van der Waals surface area contributed by atoms with Crippen LogP contribution in [-0.4, -0.2) is 36.6 Å². The van der Waals surface area contributed by atoms with Gasteiger partial charge in [0.05, 0.1) is 30.2 Å². The van der Waals surface area contributed by atoms with Crippen LogP contribution in [0.5, 0.6) is 0 Å². The molecule has 2 rings (SSSR count). The van der Waals surface area contributed by atoms with Gasteiger partial charge in [-0.3, -0.25) is 9.63 Å². The second kappa shape index (κ2) is 9.65. The Kier molecular flexibility index (Phi) is 7.62. The molecule has 0 saturated heterocycles. The van der Waals surface area contributed by atoms with Crippen molar-refractivity contribution in [2.75, 3.05) is 18.5 Å². The molecular formula is C18H13F9N2O3. The summed E-state index contributed by atoms with van der Waals surface area (Å²) in [5, 5.41) is 10.5. The smallest absolute Gasteiger partial charge is 0.394 e. The van der Waals surface area contributed by atoms with E-state index in [9.17, 15) is 44.3 Å². The second-order valence-electron chi connectivity index (χ2n) is 6.17. The van der Waals surface area contributed by atoms with Gasteiger partial charge in [0.1, 0.15) is 5.82 Å². The number of halogens is 9. The number of alkyl halides is 6. The fourth-order valence-electron chi connectivity index (χ4n) is 2.59. The molecule has 0 heterocycles. The zero-order valence-electron chi connectivity index (χ0n) is 15.5. The highest BCUT2D eigenvalue weighted by molar-refractivity contribution is 6.00. The van der Waals surface area contributed by atoms with Crippen molar-refractivity contribution in [3.63, 3.8) is 0 Å². The lowest BCUT2D eigenvalue weighted by atomic mass is 9.97. The number of nitrogens with one attached hydrogen (secondary N) is 2. The Hall–Kier alpha value is -3.00. The summed E-state index contributed by atoms with van der Waals surface area (Å²) in [5.41, 5.74) is -2.15. The van der Waals surface area contributed by atoms with E-state index in [1.54, 1.807) is 5.48 Å². The first-order chi connectivity index (χ1) is 14.8. The summed E-state index contributed by atoms with van der Waals surface area (Å²) in [7, 11) is 0. The molecule has 0 aliphatic rings.